The average Bonchev–Trinajstić information content (AvgIpc) is 2.40. The first kappa shape index (κ1) is 14.2. The van der Waals surface area contributed by atoms with Crippen LogP contribution in [0, 0.1) is 5.92 Å². The smallest absolute Gasteiger partial charge is 0.123 e. The first-order chi connectivity index (χ1) is 9.17. The number of methoxy groups -OCH3 is 1. The molecule has 2 rings (SSSR count). The highest BCUT2D eigenvalue weighted by Crippen LogP contribution is 2.26. The van der Waals surface area contributed by atoms with Crippen molar-refractivity contribution in [2.24, 2.45) is 5.92 Å². The van der Waals surface area contributed by atoms with Crippen molar-refractivity contribution in [3.8, 4) is 11.5 Å². The Labute approximate surface area is 114 Å². The number of nitrogens with one attached hydrogen (secondary N) is 1. The van der Waals surface area contributed by atoms with Crippen LogP contribution in [0.2, 0.25) is 0 Å². The van der Waals surface area contributed by atoms with Crippen LogP contribution in [0.5, 0.6) is 11.5 Å². The zero-order valence-corrected chi connectivity index (χ0v) is 11.6. The molecule has 0 amide bonds. The van der Waals surface area contributed by atoms with Crippen LogP contribution >= 0.6 is 0 Å². The monoisotopic (exact) mass is 265 g/mol. The van der Waals surface area contributed by atoms with E-state index in [1.54, 1.807) is 7.11 Å². The summed E-state index contributed by atoms with van der Waals surface area (Å²) in [5, 5.41) is 13.2. The predicted molar refractivity (Wildman–Crippen MR) is 74.7 cm³/mol. The minimum absolute atomic E-state index is 0.294. The molecule has 0 aromatic heterocycles. The van der Waals surface area contributed by atoms with E-state index in [0.29, 0.717) is 19.2 Å². The van der Waals surface area contributed by atoms with Gasteiger partial charge in [-0.1, -0.05) is 13.0 Å². The minimum Gasteiger partial charge on any atom is -0.497 e. The lowest BCUT2D eigenvalue weighted by atomic mass is 9.82. The van der Waals surface area contributed by atoms with Crippen LogP contribution in [0.15, 0.2) is 24.3 Å². The summed E-state index contributed by atoms with van der Waals surface area (Å²) in [5.41, 5.74) is 0. The first-order valence-electron chi connectivity index (χ1n) is 6.85. The summed E-state index contributed by atoms with van der Waals surface area (Å²) in [4.78, 5) is 0. The van der Waals surface area contributed by atoms with Crippen LogP contribution in [-0.4, -0.2) is 37.5 Å². The molecule has 1 aromatic carbocycles. The molecule has 0 heterocycles. The molecule has 0 bridgehead atoms. The summed E-state index contributed by atoms with van der Waals surface area (Å²) in [7, 11) is 1.62. The second kappa shape index (κ2) is 6.78. The van der Waals surface area contributed by atoms with E-state index >= 15 is 0 Å². The lowest BCUT2D eigenvalue weighted by Gasteiger charge is -2.34. The van der Waals surface area contributed by atoms with Gasteiger partial charge >= 0.3 is 0 Å². The Balaban J connectivity index is 1.66. The van der Waals surface area contributed by atoms with E-state index in [2.05, 4.69) is 12.2 Å². The summed E-state index contributed by atoms with van der Waals surface area (Å²) >= 11 is 0. The Morgan fingerprint density at radius 1 is 1.37 bits per heavy atom. The maximum Gasteiger partial charge on any atom is 0.123 e. The third-order valence-corrected chi connectivity index (χ3v) is 3.50. The van der Waals surface area contributed by atoms with Gasteiger partial charge in [0, 0.05) is 18.7 Å². The number of benzene rings is 1. The molecule has 1 atom stereocenters. The van der Waals surface area contributed by atoms with Gasteiger partial charge in [0.05, 0.1) is 7.11 Å². The van der Waals surface area contributed by atoms with Crippen LogP contribution in [-0.2, 0) is 0 Å². The van der Waals surface area contributed by atoms with E-state index < -0.39 is 6.10 Å². The number of hydrogen-bond donors (Lipinski definition) is 2. The second-order valence-electron chi connectivity index (χ2n) is 5.33. The zero-order valence-electron chi connectivity index (χ0n) is 11.6. The van der Waals surface area contributed by atoms with Gasteiger partial charge in [-0.3, -0.25) is 0 Å². The third-order valence-electron chi connectivity index (χ3n) is 3.50. The van der Waals surface area contributed by atoms with Gasteiger partial charge < -0.3 is 19.9 Å². The minimum atomic E-state index is -0.484. The van der Waals surface area contributed by atoms with Gasteiger partial charge in [-0.05, 0) is 30.9 Å². The Morgan fingerprint density at radius 2 is 2.11 bits per heavy atom. The van der Waals surface area contributed by atoms with E-state index in [4.69, 9.17) is 9.47 Å². The van der Waals surface area contributed by atoms with Gasteiger partial charge in [0.25, 0.3) is 0 Å². The fraction of sp³-hybridized carbons (Fsp3) is 0.600. The Morgan fingerprint density at radius 3 is 2.79 bits per heavy atom. The Hall–Kier alpha value is -1.26. The summed E-state index contributed by atoms with van der Waals surface area (Å²) < 4.78 is 10.7. The summed E-state index contributed by atoms with van der Waals surface area (Å²) in [6, 6.07) is 7.97. The van der Waals surface area contributed by atoms with E-state index in [9.17, 15) is 5.11 Å². The molecule has 1 unspecified atom stereocenters. The van der Waals surface area contributed by atoms with E-state index in [-0.39, 0.29) is 0 Å². The standard InChI is InChI=1S/C15H23NO3/c1-11-6-12(7-11)16-9-13(17)10-19-15-5-3-4-14(8-15)18-2/h3-5,8,11-13,16-17H,6-7,9-10H2,1-2H3. The molecule has 2 N–H and O–H groups in total. The zero-order chi connectivity index (χ0) is 13.7. The van der Waals surface area contributed by atoms with Gasteiger partial charge in [-0.25, -0.2) is 0 Å². The number of rotatable bonds is 7. The van der Waals surface area contributed by atoms with Crippen LogP contribution in [0.3, 0.4) is 0 Å². The predicted octanol–water partition coefficient (Wildman–Crippen LogP) is 1.82. The van der Waals surface area contributed by atoms with Crippen molar-refractivity contribution in [1.29, 1.82) is 0 Å². The lowest BCUT2D eigenvalue weighted by Crippen LogP contribution is -2.44. The molecule has 4 heteroatoms. The number of aliphatic hydroxyl groups excluding tert-OH is 1. The van der Waals surface area contributed by atoms with Crippen LogP contribution in [0.25, 0.3) is 0 Å². The van der Waals surface area contributed by atoms with Crippen molar-refractivity contribution in [2.45, 2.75) is 31.9 Å². The Bertz CT molecular complexity index is 391. The highest BCUT2D eigenvalue weighted by molar-refractivity contribution is 5.32. The number of aliphatic hydroxyl groups is 1. The molecule has 1 saturated carbocycles. The maximum atomic E-state index is 9.85. The lowest BCUT2D eigenvalue weighted by molar-refractivity contribution is 0.0954. The van der Waals surface area contributed by atoms with Crippen molar-refractivity contribution in [1.82, 2.24) is 5.32 Å². The van der Waals surface area contributed by atoms with Crippen LogP contribution in [0.4, 0.5) is 0 Å². The highest BCUT2D eigenvalue weighted by Gasteiger charge is 2.25. The summed E-state index contributed by atoms with van der Waals surface area (Å²) in [6.45, 7) is 3.13. The van der Waals surface area contributed by atoms with Crippen molar-refractivity contribution < 1.29 is 14.6 Å². The fourth-order valence-electron chi connectivity index (χ4n) is 2.31. The molecule has 0 spiro atoms. The molecular weight excluding hydrogens is 242 g/mol. The normalized spacial score (nSPS) is 23.5. The maximum absolute atomic E-state index is 9.85. The van der Waals surface area contributed by atoms with Crippen molar-refractivity contribution >= 4 is 0 Å². The summed E-state index contributed by atoms with van der Waals surface area (Å²) in [5.74, 6) is 2.30. The van der Waals surface area contributed by atoms with Gasteiger partial charge in [0.15, 0.2) is 0 Å². The molecule has 1 aliphatic rings. The Kier molecular flexibility index (Phi) is 5.05. The third kappa shape index (κ3) is 4.40. The number of hydrogen-bond acceptors (Lipinski definition) is 4. The highest BCUT2D eigenvalue weighted by atomic mass is 16.5. The van der Waals surface area contributed by atoms with Gasteiger partial charge in [0.2, 0.25) is 0 Å². The quantitative estimate of drug-likeness (QED) is 0.789. The molecule has 106 valence electrons. The van der Waals surface area contributed by atoms with Crippen LogP contribution in [0.1, 0.15) is 19.8 Å². The molecule has 1 aromatic rings. The first-order valence-corrected chi connectivity index (χ1v) is 6.85. The van der Waals surface area contributed by atoms with Crippen molar-refractivity contribution in [3.63, 3.8) is 0 Å². The van der Waals surface area contributed by atoms with Gasteiger partial charge in [-0.2, -0.15) is 0 Å². The average molecular weight is 265 g/mol. The van der Waals surface area contributed by atoms with Crippen molar-refractivity contribution in [3.05, 3.63) is 24.3 Å². The molecule has 1 fully saturated rings. The fourth-order valence-corrected chi connectivity index (χ4v) is 2.31. The van der Waals surface area contributed by atoms with Gasteiger partial charge in [0.1, 0.15) is 24.2 Å². The molecular formula is C15H23NO3. The van der Waals surface area contributed by atoms with Gasteiger partial charge in [-0.15, -0.1) is 0 Å². The number of ether oxygens (including phenoxy) is 2. The molecule has 0 aliphatic heterocycles. The molecule has 1 aliphatic carbocycles. The molecule has 4 nitrogen and oxygen atoms in total. The molecule has 0 radical (unpaired) electrons. The molecule has 0 saturated heterocycles. The van der Waals surface area contributed by atoms with E-state index in [1.165, 1.54) is 12.8 Å². The van der Waals surface area contributed by atoms with Crippen LogP contribution < -0.4 is 14.8 Å². The summed E-state index contributed by atoms with van der Waals surface area (Å²) in [6.07, 6.45) is 1.94. The largest absolute Gasteiger partial charge is 0.497 e. The second-order valence-corrected chi connectivity index (χ2v) is 5.33. The van der Waals surface area contributed by atoms with Crippen molar-refractivity contribution in [2.75, 3.05) is 20.3 Å². The van der Waals surface area contributed by atoms with E-state index in [0.717, 1.165) is 17.4 Å². The molecule has 19 heavy (non-hydrogen) atoms. The SMILES string of the molecule is COc1cccc(OCC(O)CNC2CC(C)C2)c1. The van der Waals surface area contributed by atoms with E-state index in [1.807, 2.05) is 24.3 Å². The topological polar surface area (TPSA) is 50.7 Å².